The third kappa shape index (κ3) is 4.21. The molecule has 0 spiro atoms. The second-order valence-electron chi connectivity index (χ2n) is 9.54. The Morgan fingerprint density at radius 2 is 1.70 bits per heavy atom. The first-order valence-electron chi connectivity index (χ1n) is 10.7. The summed E-state index contributed by atoms with van der Waals surface area (Å²) in [6.45, 7) is 3.90. The van der Waals surface area contributed by atoms with Crippen molar-refractivity contribution in [1.82, 2.24) is 0 Å². The number of halogens is 3. The maximum atomic E-state index is 13.8. The number of rotatable bonds is 2. The standard InChI is InChI=1S/C25H26F3N3O2/c1-24(2)13-18-21(20(32)14-24)22(15-9-11-16(12-10-15)30(3)4)31(23(33)25(26,27)28)19-8-6-5-7-17(19)29-18/h5-12,22,29H,13-14H2,1-4H3/t22-/m0/s1. The number of carbonyl (C=O) groups is 2. The van der Waals surface area contributed by atoms with Gasteiger partial charge in [0.1, 0.15) is 0 Å². The van der Waals surface area contributed by atoms with E-state index < -0.39 is 18.1 Å². The minimum Gasteiger partial charge on any atom is -0.378 e. The molecule has 8 heteroatoms. The number of nitrogens with one attached hydrogen (secondary N) is 1. The quantitative estimate of drug-likeness (QED) is 0.651. The van der Waals surface area contributed by atoms with Gasteiger partial charge < -0.3 is 10.2 Å². The van der Waals surface area contributed by atoms with E-state index in [0.29, 0.717) is 23.4 Å². The Bertz CT molecular complexity index is 1130. The predicted molar refractivity (Wildman–Crippen MR) is 122 cm³/mol. The van der Waals surface area contributed by atoms with E-state index in [4.69, 9.17) is 0 Å². The van der Waals surface area contributed by atoms with Crippen LogP contribution in [0.1, 0.15) is 38.3 Å². The number of hydrogen-bond acceptors (Lipinski definition) is 4. The summed E-state index contributed by atoms with van der Waals surface area (Å²) in [4.78, 5) is 28.8. The molecule has 1 atom stereocenters. The van der Waals surface area contributed by atoms with E-state index >= 15 is 0 Å². The van der Waals surface area contributed by atoms with E-state index in [-0.39, 0.29) is 28.9 Å². The van der Waals surface area contributed by atoms with Crippen LogP contribution in [-0.2, 0) is 9.59 Å². The van der Waals surface area contributed by atoms with E-state index in [1.54, 1.807) is 42.5 Å². The van der Waals surface area contributed by atoms with Crippen LogP contribution >= 0.6 is 0 Å². The Hall–Kier alpha value is -3.29. The molecule has 1 aliphatic heterocycles. The third-order valence-electron chi connectivity index (χ3n) is 6.09. The second kappa shape index (κ2) is 7.93. The molecule has 2 aliphatic rings. The van der Waals surface area contributed by atoms with Crippen LogP contribution in [0.5, 0.6) is 0 Å². The lowest BCUT2D eigenvalue weighted by Gasteiger charge is -2.37. The molecule has 1 aliphatic carbocycles. The zero-order valence-electron chi connectivity index (χ0n) is 19.0. The molecule has 2 aromatic rings. The summed E-state index contributed by atoms with van der Waals surface area (Å²) in [6.07, 6.45) is -4.45. The largest absolute Gasteiger partial charge is 0.471 e. The number of nitrogens with zero attached hydrogens (tertiary/aromatic N) is 2. The SMILES string of the molecule is CN(C)c1ccc([C@H]2C3=C(CC(C)(C)CC3=O)Nc3ccccc3N2C(=O)C(F)(F)F)cc1. The van der Waals surface area contributed by atoms with Gasteiger partial charge in [-0.25, -0.2) is 0 Å². The van der Waals surface area contributed by atoms with Crippen LogP contribution in [0.4, 0.5) is 30.2 Å². The van der Waals surface area contributed by atoms with Gasteiger partial charge in [-0.1, -0.05) is 38.1 Å². The fourth-order valence-electron chi connectivity index (χ4n) is 4.62. The third-order valence-corrected chi connectivity index (χ3v) is 6.09. The highest BCUT2D eigenvalue weighted by atomic mass is 19.4. The highest BCUT2D eigenvalue weighted by Crippen LogP contribution is 2.49. The Morgan fingerprint density at radius 3 is 2.30 bits per heavy atom. The zero-order chi connectivity index (χ0) is 24.1. The van der Waals surface area contributed by atoms with Crippen LogP contribution in [0, 0.1) is 5.41 Å². The summed E-state index contributed by atoms with van der Waals surface area (Å²) >= 11 is 0. The molecule has 0 saturated carbocycles. The van der Waals surface area contributed by atoms with Gasteiger partial charge in [-0.15, -0.1) is 0 Å². The molecule has 2 aromatic carbocycles. The first-order valence-corrected chi connectivity index (χ1v) is 10.7. The van der Waals surface area contributed by atoms with E-state index in [0.717, 1.165) is 10.6 Å². The van der Waals surface area contributed by atoms with E-state index in [2.05, 4.69) is 5.32 Å². The van der Waals surface area contributed by atoms with Crippen molar-refractivity contribution < 1.29 is 22.8 Å². The minimum absolute atomic E-state index is 0.0847. The number of alkyl halides is 3. The summed E-state index contributed by atoms with van der Waals surface area (Å²) in [6, 6.07) is 12.1. The van der Waals surface area contributed by atoms with Gasteiger partial charge >= 0.3 is 12.1 Å². The highest BCUT2D eigenvalue weighted by Gasteiger charge is 2.50. The normalized spacial score (nSPS) is 19.9. The molecule has 4 rings (SSSR count). The van der Waals surface area contributed by atoms with Crippen LogP contribution in [0.25, 0.3) is 0 Å². The molecule has 174 valence electrons. The molecule has 0 unspecified atom stereocenters. The van der Waals surface area contributed by atoms with Crippen molar-refractivity contribution in [2.75, 3.05) is 29.2 Å². The van der Waals surface area contributed by atoms with Crippen LogP contribution in [-0.4, -0.2) is 32.0 Å². The number of benzene rings is 2. The summed E-state index contributed by atoms with van der Waals surface area (Å²) in [7, 11) is 3.71. The van der Waals surface area contributed by atoms with E-state index in [1.165, 1.54) is 6.07 Å². The zero-order valence-corrected chi connectivity index (χ0v) is 19.0. The van der Waals surface area contributed by atoms with Crippen molar-refractivity contribution in [2.24, 2.45) is 5.41 Å². The number of ketones is 1. The van der Waals surface area contributed by atoms with Crippen molar-refractivity contribution in [3.05, 3.63) is 65.4 Å². The van der Waals surface area contributed by atoms with Gasteiger partial charge in [-0.05, 0) is 41.7 Å². The molecular formula is C25H26F3N3O2. The van der Waals surface area contributed by atoms with Gasteiger partial charge in [0.2, 0.25) is 0 Å². The number of Topliss-reactive ketones (excluding diaryl/α,β-unsaturated/α-hetero) is 1. The van der Waals surface area contributed by atoms with Crippen LogP contribution in [0.2, 0.25) is 0 Å². The number of hydrogen-bond donors (Lipinski definition) is 1. The number of amides is 1. The van der Waals surface area contributed by atoms with E-state index in [9.17, 15) is 22.8 Å². The molecule has 0 bridgehead atoms. The fourth-order valence-corrected chi connectivity index (χ4v) is 4.62. The summed E-state index contributed by atoms with van der Waals surface area (Å²) in [5.41, 5.74) is 2.15. The molecule has 0 radical (unpaired) electrons. The number of allylic oxidation sites excluding steroid dienone is 1. The lowest BCUT2D eigenvalue weighted by molar-refractivity contribution is -0.170. The average molecular weight is 457 g/mol. The monoisotopic (exact) mass is 457 g/mol. The molecule has 0 aromatic heterocycles. The van der Waals surface area contributed by atoms with Gasteiger partial charge in [0, 0.05) is 37.5 Å². The Kier molecular flexibility index (Phi) is 5.50. The van der Waals surface area contributed by atoms with Crippen molar-refractivity contribution in [1.29, 1.82) is 0 Å². The molecule has 33 heavy (non-hydrogen) atoms. The first-order chi connectivity index (χ1) is 15.4. The lowest BCUT2D eigenvalue weighted by Crippen LogP contribution is -2.45. The molecule has 1 amide bonds. The Balaban J connectivity index is 2.01. The second-order valence-corrected chi connectivity index (χ2v) is 9.54. The predicted octanol–water partition coefficient (Wildman–Crippen LogP) is 5.46. The Morgan fingerprint density at radius 1 is 1.06 bits per heavy atom. The van der Waals surface area contributed by atoms with Gasteiger partial charge in [0.25, 0.3) is 0 Å². The molecule has 5 nitrogen and oxygen atoms in total. The van der Waals surface area contributed by atoms with Crippen molar-refractivity contribution in [3.63, 3.8) is 0 Å². The van der Waals surface area contributed by atoms with Crippen LogP contribution < -0.4 is 15.1 Å². The maximum Gasteiger partial charge on any atom is 0.471 e. The van der Waals surface area contributed by atoms with Crippen LogP contribution in [0.3, 0.4) is 0 Å². The fraction of sp³-hybridized carbons (Fsp3) is 0.360. The smallest absolute Gasteiger partial charge is 0.378 e. The van der Waals surface area contributed by atoms with E-state index in [1.807, 2.05) is 32.8 Å². The molecular weight excluding hydrogens is 431 g/mol. The number of fused-ring (bicyclic) bond motifs is 1. The van der Waals surface area contributed by atoms with Crippen molar-refractivity contribution in [2.45, 2.75) is 38.9 Å². The summed E-state index contributed by atoms with van der Waals surface area (Å²) < 4.78 is 41.5. The van der Waals surface area contributed by atoms with Crippen molar-refractivity contribution >= 4 is 28.8 Å². The van der Waals surface area contributed by atoms with Gasteiger partial charge in [0.05, 0.1) is 17.4 Å². The first kappa shape index (κ1) is 22.9. The van der Waals surface area contributed by atoms with Crippen molar-refractivity contribution in [3.8, 4) is 0 Å². The van der Waals surface area contributed by atoms with Gasteiger partial charge in [-0.2, -0.15) is 13.2 Å². The topological polar surface area (TPSA) is 52.7 Å². The average Bonchev–Trinajstić information content (AvgIpc) is 2.85. The molecule has 0 fully saturated rings. The van der Waals surface area contributed by atoms with Crippen LogP contribution in [0.15, 0.2) is 59.8 Å². The highest BCUT2D eigenvalue weighted by molar-refractivity contribution is 6.07. The lowest BCUT2D eigenvalue weighted by atomic mass is 9.73. The number of carbonyl (C=O) groups excluding carboxylic acids is 2. The van der Waals surface area contributed by atoms with Gasteiger partial charge in [-0.3, -0.25) is 14.5 Å². The number of anilines is 3. The Labute approximate surface area is 190 Å². The minimum atomic E-state index is -5.11. The summed E-state index contributed by atoms with van der Waals surface area (Å²) in [5, 5.41) is 3.20. The summed E-state index contributed by atoms with van der Waals surface area (Å²) in [5.74, 6) is -2.27. The molecule has 1 N–H and O–H groups in total. The number of para-hydroxylation sites is 2. The molecule has 1 heterocycles. The molecule has 0 saturated heterocycles. The maximum absolute atomic E-state index is 13.8. The van der Waals surface area contributed by atoms with Gasteiger partial charge in [0.15, 0.2) is 5.78 Å².